The molecule has 0 aromatic rings. The fraction of sp³-hybridized carbons (Fsp3) is 0.881. The Hall–Kier alpha value is -1.97. The molecule has 4 unspecified atom stereocenters. The van der Waals surface area contributed by atoms with E-state index in [2.05, 4.69) is 54.5 Å². The first-order chi connectivity index (χ1) is 23.6. The summed E-state index contributed by atoms with van der Waals surface area (Å²) in [5.41, 5.74) is -0.348. The van der Waals surface area contributed by atoms with E-state index >= 15 is 0 Å². The van der Waals surface area contributed by atoms with Gasteiger partial charge in [-0.05, 0) is 109 Å². The number of fused-ring (bicyclic) bond motifs is 7. The molecule has 288 valence electrons. The smallest absolute Gasteiger partial charge is 0.317 e. The summed E-state index contributed by atoms with van der Waals surface area (Å²) in [5, 5.41) is 23.7. The molecule has 4 saturated carbocycles. The van der Waals surface area contributed by atoms with Crippen molar-refractivity contribution < 1.29 is 43.5 Å². The average Bonchev–Trinajstić information content (AvgIpc) is 3.02. The van der Waals surface area contributed by atoms with E-state index in [1.54, 1.807) is 6.92 Å². The Bertz CT molecular complexity index is 1430. The molecule has 6 rings (SSSR count). The van der Waals surface area contributed by atoms with Crippen molar-refractivity contribution in [2.45, 2.75) is 177 Å². The molecule has 1 aliphatic heterocycles. The molecule has 14 atom stereocenters. The summed E-state index contributed by atoms with van der Waals surface area (Å²) in [6.07, 6.45) is 5.65. The lowest BCUT2D eigenvalue weighted by Gasteiger charge is -2.71. The SMILES string of the molecule is CCC1O[C@H](OC(=O)[C@]23CCC(C)(C)C[C@H]2C2=CC[C@@H]4[C@@]5(C)CC[C@H](O)C(C)(C)C5CC[C@@]4(C)[C@]2(C)CC3O)[C@H](C)C(OC(C)=O)[C@H]1OC(C)=O. The fourth-order valence-electron chi connectivity index (χ4n) is 13.1. The van der Waals surface area contributed by atoms with Crippen LogP contribution in [0.4, 0.5) is 0 Å². The van der Waals surface area contributed by atoms with E-state index in [0.717, 1.165) is 44.9 Å². The molecule has 5 aliphatic carbocycles. The van der Waals surface area contributed by atoms with Gasteiger partial charge in [0, 0.05) is 13.8 Å². The van der Waals surface area contributed by atoms with Gasteiger partial charge in [-0.1, -0.05) is 74.0 Å². The molecule has 2 N–H and O–H groups in total. The lowest BCUT2D eigenvalue weighted by atomic mass is 9.33. The molecule has 6 aliphatic rings. The Morgan fingerprint density at radius 1 is 0.824 bits per heavy atom. The van der Waals surface area contributed by atoms with Crippen LogP contribution in [-0.2, 0) is 33.3 Å². The minimum absolute atomic E-state index is 0.0300. The van der Waals surface area contributed by atoms with Crippen LogP contribution < -0.4 is 0 Å². The Balaban J connectivity index is 1.36. The van der Waals surface area contributed by atoms with Gasteiger partial charge in [-0.2, -0.15) is 0 Å². The fourth-order valence-corrected chi connectivity index (χ4v) is 13.1. The van der Waals surface area contributed by atoms with E-state index in [1.165, 1.54) is 19.4 Å². The predicted molar refractivity (Wildman–Crippen MR) is 192 cm³/mol. The highest BCUT2D eigenvalue weighted by atomic mass is 16.7. The number of rotatable bonds is 5. The quantitative estimate of drug-likeness (QED) is 0.171. The van der Waals surface area contributed by atoms with Gasteiger partial charge in [-0.25, -0.2) is 0 Å². The Kier molecular flexibility index (Phi) is 9.74. The van der Waals surface area contributed by atoms with Gasteiger partial charge in [0.15, 0.2) is 6.10 Å². The maximum absolute atomic E-state index is 14.9. The largest absolute Gasteiger partial charge is 0.458 e. The second kappa shape index (κ2) is 12.8. The highest BCUT2D eigenvalue weighted by molar-refractivity contribution is 5.80. The molecule has 9 heteroatoms. The van der Waals surface area contributed by atoms with Crippen molar-refractivity contribution in [3.8, 4) is 0 Å². The van der Waals surface area contributed by atoms with Gasteiger partial charge in [0.05, 0.1) is 18.1 Å². The maximum atomic E-state index is 14.9. The van der Waals surface area contributed by atoms with Crippen molar-refractivity contribution in [2.24, 2.45) is 56.2 Å². The summed E-state index contributed by atoms with van der Waals surface area (Å²) >= 11 is 0. The van der Waals surface area contributed by atoms with Gasteiger partial charge in [0.1, 0.15) is 17.6 Å². The van der Waals surface area contributed by atoms with Crippen LogP contribution in [0.2, 0.25) is 0 Å². The molecule has 0 aromatic carbocycles. The van der Waals surface area contributed by atoms with Gasteiger partial charge < -0.3 is 29.2 Å². The number of aliphatic hydroxyl groups excluding tert-OH is 2. The van der Waals surface area contributed by atoms with E-state index in [0.29, 0.717) is 31.1 Å². The molecular weight excluding hydrogens is 648 g/mol. The van der Waals surface area contributed by atoms with Gasteiger partial charge in [0.2, 0.25) is 6.29 Å². The zero-order valence-corrected chi connectivity index (χ0v) is 33.2. The molecule has 0 amide bonds. The Morgan fingerprint density at radius 2 is 1.47 bits per heavy atom. The molecule has 1 saturated heterocycles. The van der Waals surface area contributed by atoms with E-state index in [-0.39, 0.29) is 39.1 Å². The average molecular weight is 715 g/mol. The first-order valence-electron chi connectivity index (χ1n) is 19.9. The number of hydrogen-bond donors (Lipinski definition) is 2. The second-order valence-electron chi connectivity index (χ2n) is 19.7. The molecule has 0 spiro atoms. The van der Waals surface area contributed by atoms with Crippen LogP contribution >= 0.6 is 0 Å². The third-order valence-corrected chi connectivity index (χ3v) is 16.2. The van der Waals surface area contributed by atoms with E-state index in [1.807, 2.05) is 6.92 Å². The van der Waals surface area contributed by atoms with Crippen molar-refractivity contribution in [3.05, 3.63) is 11.6 Å². The predicted octanol–water partition coefficient (Wildman–Crippen LogP) is 7.30. The Morgan fingerprint density at radius 3 is 2.10 bits per heavy atom. The van der Waals surface area contributed by atoms with Crippen LogP contribution in [0, 0.1) is 56.2 Å². The van der Waals surface area contributed by atoms with Crippen molar-refractivity contribution in [1.82, 2.24) is 0 Å². The number of esters is 3. The van der Waals surface area contributed by atoms with Crippen LogP contribution in [-0.4, -0.2) is 64.9 Å². The highest BCUT2D eigenvalue weighted by Crippen LogP contribution is 2.76. The summed E-state index contributed by atoms with van der Waals surface area (Å²) in [6.45, 7) is 22.7. The Labute approximate surface area is 306 Å². The van der Waals surface area contributed by atoms with Gasteiger partial charge >= 0.3 is 17.9 Å². The van der Waals surface area contributed by atoms with Crippen LogP contribution in [0.25, 0.3) is 0 Å². The summed E-state index contributed by atoms with van der Waals surface area (Å²) in [7, 11) is 0. The van der Waals surface area contributed by atoms with Crippen LogP contribution in [0.15, 0.2) is 11.6 Å². The van der Waals surface area contributed by atoms with E-state index in [9.17, 15) is 24.6 Å². The zero-order valence-electron chi connectivity index (χ0n) is 33.2. The molecule has 9 nitrogen and oxygen atoms in total. The summed E-state index contributed by atoms with van der Waals surface area (Å²) < 4.78 is 24.1. The number of carbonyl (C=O) groups is 3. The first kappa shape index (κ1) is 38.7. The standard InChI is InChI=1S/C42H66O9/c1-12-28-34(49-25(4)44)33(48-24(3)43)23(2)35(50-28)51-36(47)42-20-19-37(5,6)21-27(42)26-13-14-30-39(9)17-16-31(45)38(7,8)29(39)15-18-40(30,10)41(26,11)22-32(42)46/h13,23,27-35,45-46H,12,14-22H2,1-11H3/t23-,27+,28?,29?,30-,31+,32?,33?,34+,35-,39+,40-,41-,42-/m1/s1. The topological polar surface area (TPSA) is 129 Å². The van der Waals surface area contributed by atoms with Gasteiger partial charge in [-0.15, -0.1) is 0 Å². The third-order valence-electron chi connectivity index (χ3n) is 16.2. The molecule has 51 heavy (non-hydrogen) atoms. The van der Waals surface area contributed by atoms with Crippen molar-refractivity contribution >= 4 is 17.9 Å². The van der Waals surface area contributed by atoms with Crippen LogP contribution in [0.3, 0.4) is 0 Å². The molecule has 1 heterocycles. The molecule has 0 aromatic heterocycles. The number of carbonyl (C=O) groups excluding carboxylic acids is 3. The zero-order chi connectivity index (χ0) is 37.7. The van der Waals surface area contributed by atoms with Crippen molar-refractivity contribution in [1.29, 1.82) is 0 Å². The maximum Gasteiger partial charge on any atom is 0.317 e. The molecular formula is C42H66O9. The van der Waals surface area contributed by atoms with Gasteiger partial charge in [0.25, 0.3) is 0 Å². The number of allylic oxidation sites excluding steroid dienone is 2. The van der Waals surface area contributed by atoms with E-state index < -0.39 is 59.9 Å². The summed E-state index contributed by atoms with van der Waals surface area (Å²) in [4.78, 5) is 39.2. The lowest BCUT2D eigenvalue weighted by Crippen LogP contribution is -2.68. The lowest BCUT2D eigenvalue weighted by molar-refractivity contribution is -0.285. The van der Waals surface area contributed by atoms with Crippen LogP contribution in [0.1, 0.15) is 140 Å². The number of ether oxygens (including phenoxy) is 4. The summed E-state index contributed by atoms with van der Waals surface area (Å²) in [5.74, 6) is -1.48. The number of hydrogen-bond acceptors (Lipinski definition) is 9. The second-order valence-corrected chi connectivity index (χ2v) is 19.7. The highest BCUT2D eigenvalue weighted by Gasteiger charge is 2.71. The molecule has 0 radical (unpaired) electrons. The minimum Gasteiger partial charge on any atom is -0.458 e. The minimum atomic E-state index is -1.14. The van der Waals surface area contributed by atoms with E-state index in [4.69, 9.17) is 18.9 Å². The number of aliphatic hydroxyl groups is 2. The first-order valence-corrected chi connectivity index (χ1v) is 19.9. The monoisotopic (exact) mass is 714 g/mol. The molecule has 5 fully saturated rings. The van der Waals surface area contributed by atoms with Crippen molar-refractivity contribution in [3.63, 3.8) is 0 Å². The third kappa shape index (κ3) is 5.75. The van der Waals surface area contributed by atoms with Gasteiger partial charge in [-0.3, -0.25) is 14.4 Å². The van der Waals surface area contributed by atoms with Crippen molar-refractivity contribution in [2.75, 3.05) is 0 Å². The summed E-state index contributed by atoms with van der Waals surface area (Å²) in [6, 6.07) is 0. The normalized spacial score (nSPS) is 48.4. The van der Waals surface area contributed by atoms with Crippen LogP contribution in [0.5, 0.6) is 0 Å². The molecule has 0 bridgehead atoms.